The van der Waals surface area contributed by atoms with Crippen LogP contribution in [0.2, 0.25) is 0 Å². The van der Waals surface area contributed by atoms with Crippen molar-refractivity contribution < 1.29 is 19.4 Å². The maximum atomic E-state index is 12.1. The number of aliphatic carboxylic acids is 1. The van der Waals surface area contributed by atoms with Gasteiger partial charge in [0.15, 0.2) is 0 Å². The third-order valence-corrected chi connectivity index (χ3v) is 3.64. The van der Waals surface area contributed by atoms with Crippen LogP contribution in [0, 0.1) is 5.92 Å². The van der Waals surface area contributed by atoms with Crippen LogP contribution < -0.4 is 5.73 Å². The molecule has 2 unspecified atom stereocenters. The molecular weight excluding hydrogens is 248 g/mol. The first-order valence-corrected chi connectivity index (χ1v) is 6.79. The van der Waals surface area contributed by atoms with Crippen molar-refractivity contribution in [2.75, 3.05) is 26.7 Å². The number of piperidine rings is 1. The van der Waals surface area contributed by atoms with E-state index in [9.17, 15) is 9.59 Å². The van der Waals surface area contributed by atoms with Gasteiger partial charge in [-0.2, -0.15) is 0 Å². The number of nitrogens with zero attached hydrogens (tertiary/aromatic N) is 1. The molecule has 0 aromatic carbocycles. The lowest BCUT2D eigenvalue weighted by Gasteiger charge is -2.33. The molecule has 0 radical (unpaired) electrons. The third kappa shape index (κ3) is 5.57. The van der Waals surface area contributed by atoms with Gasteiger partial charge in [0.2, 0.25) is 5.91 Å². The number of amides is 1. The largest absolute Gasteiger partial charge is 0.481 e. The zero-order chi connectivity index (χ0) is 14.3. The maximum Gasteiger partial charge on any atom is 0.303 e. The summed E-state index contributed by atoms with van der Waals surface area (Å²) in [7, 11) is 1.55. The van der Waals surface area contributed by atoms with Gasteiger partial charge in [0.25, 0.3) is 0 Å². The van der Waals surface area contributed by atoms with Gasteiger partial charge in [0.05, 0.1) is 12.5 Å². The molecule has 3 N–H and O–H groups in total. The zero-order valence-corrected chi connectivity index (χ0v) is 11.5. The Hall–Kier alpha value is -1.14. The average Bonchev–Trinajstić information content (AvgIpc) is 2.42. The van der Waals surface area contributed by atoms with E-state index in [1.165, 1.54) is 0 Å². The monoisotopic (exact) mass is 272 g/mol. The number of hydrogen-bond acceptors (Lipinski definition) is 4. The predicted molar refractivity (Wildman–Crippen MR) is 70.6 cm³/mol. The van der Waals surface area contributed by atoms with E-state index in [-0.39, 0.29) is 18.4 Å². The van der Waals surface area contributed by atoms with Gasteiger partial charge in [-0.1, -0.05) is 0 Å². The van der Waals surface area contributed by atoms with E-state index in [1.807, 2.05) is 4.90 Å². The van der Waals surface area contributed by atoms with Crippen LogP contribution in [0.1, 0.15) is 32.1 Å². The van der Waals surface area contributed by atoms with E-state index >= 15 is 0 Å². The molecular formula is C13H24N2O4. The number of carboxylic acids is 1. The highest BCUT2D eigenvalue weighted by molar-refractivity contribution is 5.76. The van der Waals surface area contributed by atoms with Gasteiger partial charge < -0.3 is 20.5 Å². The topological polar surface area (TPSA) is 92.9 Å². The number of nitrogens with two attached hydrogens (primary N) is 1. The molecule has 1 saturated heterocycles. The van der Waals surface area contributed by atoms with E-state index in [0.717, 1.165) is 19.4 Å². The number of ether oxygens (including phenoxy) is 1. The molecule has 1 rings (SSSR count). The lowest BCUT2D eigenvalue weighted by molar-refractivity contribution is -0.137. The van der Waals surface area contributed by atoms with Gasteiger partial charge in [-0.15, -0.1) is 0 Å². The van der Waals surface area contributed by atoms with Crippen LogP contribution in [-0.2, 0) is 14.3 Å². The Kier molecular flexibility index (Phi) is 6.80. The molecule has 1 heterocycles. The number of hydrogen-bond donors (Lipinski definition) is 2. The van der Waals surface area contributed by atoms with Gasteiger partial charge in [-0.3, -0.25) is 9.59 Å². The van der Waals surface area contributed by atoms with Crippen LogP contribution in [0.25, 0.3) is 0 Å². The van der Waals surface area contributed by atoms with Gasteiger partial charge in [-0.25, -0.2) is 0 Å². The first-order chi connectivity index (χ1) is 9.06. The lowest BCUT2D eigenvalue weighted by atomic mass is 9.93. The molecule has 0 aromatic heterocycles. The number of likely N-dealkylation sites (tertiary alicyclic amines) is 1. The second-order valence-electron chi connectivity index (χ2n) is 5.08. The van der Waals surface area contributed by atoms with E-state index in [4.69, 9.17) is 15.6 Å². The number of carbonyl (C=O) groups excluding carboxylic acids is 1. The standard InChI is InChI=1S/C13H24N2O4/c1-19-11(8-14)7-12(16)15-6-2-3-10(9-15)4-5-13(17)18/h10-11H,2-9,14H2,1H3,(H,17,18). The Morgan fingerprint density at radius 2 is 2.26 bits per heavy atom. The van der Waals surface area contributed by atoms with Crippen molar-refractivity contribution in [2.45, 2.75) is 38.2 Å². The smallest absolute Gasteiger partial charge is 0.303 e. The Morgan fingerprint density at radius 1 is 1.53 bits per heavy atom. The van der Waals surface area contributed by atoms with E-state index in [0.29, 0.717) is 31.8 Å². The van der Waals surface area contributed by atoms with Crippen molar-refractivity contribution in [1.29, 1.82) is 0 Å². The van der Waals surface area contributed by atoms with Gasteiger partial charge in [-0.05, 0) is 25.2 Å². The molecule has 110 valence electrons. The minimum Gasteiger partial charge on any atom is -0.481 e. The quantitative estimate of drug-likeness (QED) is 0.702. The summed E-state index contributed by atoms with van der Waals surface area (Å²) in [5.41, 5.74) is 5.51. The Balaban J connectivity index is 2.40. The van der Waals surface area contributed by atoms with E-state index in [2.05, 4.69) is 0 Å². The zero-order valence-electron chi connectivity index (χ0n) is 11.5. The average molecular weight is 272 g/mol. The molecule has 0 saturated carbocycles. The molecule has 1 aliphatic heterocycles. The summed E-state index contributed by atoms with van der Waals surface area (Å²) < 4.78 is 5.12. The molecule has 0 aliphatic carbocycles. The summed E-state index contributed by atoms with van der Waals surface area (Å²) in [6, 6.07) is 0. The minimum absolute atomic E-state index is 0.0531. The lowest BCUT2D eigenvalue weighted by Crippen LogP contribution is -2.42. The van der Waals surface area contributed by atoms with Crippen LogP contribution >= 0.6 is 0 Å². The van der Waals surface area contributed by atoms with Crippen molar-refractivity contribution in [1.82, 2.24) is 4.90 Å². The summed E-state index contributed by atoms with van der Waals surface area (Å²) in [6.07, 6.45) is 2.84. The normalized spacial score (nSPS) is 21.2. The van der Waals surface area contributed by atoms with E-state index in [1.54, 1.807) is 7.11 Å². The fraction of sp³-hybridized carbons (Fsp3) is 0.846. The molecule has 2 atom stereocenters. The van der Waals surface area contributed by atoms with Gasteiger partial charge in [0.1, 0.15) is 0 Å². The minimum atomic E-state index is -0.772. The first kappa shape index (κ1) is 15.9. The van der Waals surface area contributed by atoms with Crippen molar-refractivity contribution in [3.05, 3.63) is 0 Å². The first-order valence-electron chi connectivity index (χ1n) is 6.79. The number of carboxylic acid groups (broad SMARTS) is 1. The van der Waals surface area contributed by atoms with Crippen molar-refractivity contribution in [2.24, 2.45) is 11.7 Å². The molecule has 0 spiro atoms. The molecule has 0 aromatic rings. The Morgan fingerprint density at radius 3 is 2.84 bits per heavy atom. The second kappa shape index (κ2) is 8.12. The van der Waals surface area contributed by atoms with Crippen LogP contribution in [0.4, 0.5) is 0 Å². The van der Waals surface area contributed by atoms with Crippen molar-refractivity contribution >= 4 is 11.9 Å². The molecule has 1 fully saturated rings. The molecule has 1 amide bonds. The summed E-state index contributed by atoms with van der Waals surface area (Å²) >= 11 is 0. The van der Waals surface area contributed by atoms with Crippen LogP contribution in [0.5, 0.6) is 0 Å². The van der Waals surface area contributed by atoms with Crippen LogP contribution in [0.15, 0.2) is 0 Å². The molecule has 1 aliphatic rings. The predicted octanol–water partition coefficient (Wildman–Crippen LogP) is 0.454. The van der Waals surface area contributed by atoms with Crippen LogP contribution in [0.3, 0.4) is 0 Å². The molecule has 6 nitrogen and oxygen atoms in total. The highest BCUT2D eigenvalue weighted by Crippen LogP contribution is 2.21. The summed E-state index contributed by atoms with van der Waals surface area (Å²) in [4.78, 5) is 24.5. The SMILES string of the molecule is COC(CN)CC(=O)N1CCCC(CCC(=O)O)C1. The number of carbonyl (C=O) groups is 2. The third-order valence-electron chi connectivity index (χ3n) is 3.64. The van der Waals surface area contributed by atoms with Crippen LogP contribution in [-0.4, -0.2) is 54.7 Å². The van der Waals surface area contributed by atoms with E-state index < -0.39 is 5.97 Å². The highest BCUT2D eigenvalue weighted by Gasteiger charge is 2.25. The van der Waals surface area contributed by atoms with Gasteiger partial charge >= 0.3 is 5.97 Å². The van der Waals surface area contributed by atoms with Gasteiger partial charge in [0, 0.05) is 33.2 Å². The summed E-state index contributed by atoms with van der Waals surface area (Å²) in [5, 5.41) is 8.69. The Bertz CT molecular complexity index is 305. The fourth-order valence-electron chi connectivity index (χ4n) is 2.44. The summed E-state index contributed by atoms with van der Waals surface area (Å²) in [5.74, 6) is -0.420. The fourth-order valence-corrected chi connectivity index (χ4v) is 2.44. The second-order valence-corrected chi connectivity index (χ2v) is 5.08. The van der Waals surface area contributed by atoms with Crippen molar-refractivity contribution in [3.63, 3.8) is 0 Å². The maximum absolute atomic E-state index is 12.1. The number of rotatable bonds is 7. The molecule has 19 heavy (non-hydrogen) atoms. The highest BCUT2D eigenvalue weighted by atomic mass is 16.5. The molecule has 0 bridgehead atoms. The number of methoxy groups -OCH3 is 1. The van der Waals surface area contributed by atoms with Crippen molar-refractivity contribution in [3.8, 4) is 0 Å². The Labute approximate surface area is 113 Å². The summed E-state index contributed by atoms with van der Waals surface area (Å²) in [6.45, 7) is 1.75. The molecule has 6 heteroatoms.